The Balaban J connectivity index is 2.52. The molecular formula is C6H10FO3. The molecule has 1 rings (SSSR count). The minimum Gasteiger partial charge on any atom is -0.388 e. The van der Waals surface area contributed by atoms with Gasteiger partial charge in [0.2, 0.25) is 0 Å². The molecule has 0 unspecified atom stereocenters. The Hall–Kier alpha value is -0.190. The van der Waals surface area contributed by atoms with E-state index < -0.39 is 24.5 Å². The molecule has 2 N–H and O–H groups in total. The average Bonchev–Trinajstić information content (AvgIpc) is 1.93. The molecule has 0 aliphatic carbocycles. The van der Waals surface area contributed by atoms with Crippen molar-refractivity contribution < 1.29 is 19.3 Å². The van der Waals surface area contributed by atoms with Crippen molar-refractivity contribution in [3.8, 4) is 0 Å². The summed E-state index contributed by atoms with van der Waals surface area (Å²) in [5.41, 5.74) is 0. The molecule has 0 aromatic rings. The zero-order chi connectivity index (χ0) is 7.72. The van der Waals surface area contributed by atoms with Gasteiger partial charge in [0, 0.05) is 0 Å². The number of ether oxygens (including phenoxy) is 1. The lowest BCUT2D eigenvalue weighted by Gasteiger charge is -2.31. The van der Waals surface area contributed by atoms with E-state index in [-0.39, 0.29) is 0 Å². The van der Waals surface area contributed by atoms with Crippen LogP contribution >= 0.6 is 0 Å². The molecule has 4 heteroatoms. The number of halogens is 1. The lowest BCUT2D eigenvalue weighted by atomic mass is 10.0. The van der Waals surface area contributed by atoms with Gasteiger partial charge in [0.1, 0.15) is 18.8 Å². The van der Waals surface area contributed by atoms with Crippen molar-refractivity contribution in [2.45, 2.75) is 31.4 Å². The van der Waals surface area contributed by atoms with Gasteiger partial charge in [-0.05, 0) is 6.92 Å². The molecule has 0 amide bonds. The number of hydrogen-bond acceptors (Lipinski definition) is 3. The van der Waals surface area contributed by atoms with Crippen LogP contribution in [0.3, 0.4) is 0 Å². The number of hydrogen-bond donors (Lipinski definition) is 2. The molecule has 0 aromatic carbocycles. The first-order chi connectivity index (χ1) is 4.63. The molecule has 59 valence electrons. The molecule has 4 atom stereocenters. The van der Waals surface area contributed by atoms with Crippen LogP contribution in [0.2, 0.25) is 0 Å². The molecule has 1 radical (unpaired) electrons. The fourth-order valence-corrected chi connectivity index (χ4v) is 0.826. The average molecular weight is 149 g/mol. The van der Waals surface area contributed by atoms with Gasteiger partial charge < -0.3 is 14.9 Å². The molecular weight excluding hydrogens is 139 g/mol. The van der Waals surface area contributed by atoms with E-state index in [9.17, 15) is 4.39 Å². The zero-order valence-corrected chi connectivity index (χ0v) is 5.57. The smallest absolute Gasteiger partial charge is 0.157 e. The van der Waals surface area contributed by atoms with Crippen molar-refractivity contribution in [2.24, 2.45) is 0 Å². The Morgan fingerprint density at radius 1 is 1.40 bits per heavy atom. The highest BCUT2D eigenvalue weighted by atomic mass is 19.1. The van der Waals surface area contributed by atoms with Gasteiger partial charge >= 0.3 is 0 Å². The highest BCUT2D eigenvalue weighted by Gasteiger charge is 2.36. The second-order valence-electron chi connectivity index (χ2n) is 2.40. The van der Waals surface area contributed by atoms with Gasteiger partial charge in [-0.1, -0.05) is 0 Å². The van der Waals surface area contributed by atoms with Gasteiger partial charge in [-0.25, -0.2) is 4.39 Å². The molecule has 0 aromatic heterocycles. The van der Waals surface area contributed by atoms with E-state index in [1.165, 1.54) is 0 Å². The quantitative estimate of drug-likeness (QED) is 0.494. The lowest BCUT2D eigenvalue weighted by molar-refractivity contribution is -0.136. The van der Waals surface area contributed by atoms with Crippen LogP contribution in [-0.4, -0.2) is 34.7 Å². The molecule has 1 aliphatic heterocycles. The molecule has 0 bridgehead atoms. The standard InChI is InChI=1S/C6H10FO3/c1-3-5(8)6(9)4(7)2-10-3/h2-6,8-9H,1H3/t3-,4+,5+,6-/m1/s1. The normalized spacial score (nSPS) is 49.2. The van der Waals surface area contributed by atoms with Gasteiger partial charge in [0.25, 0.3) is 0 Å². The van der Waals surface area contributed by atoms with E-state index in [4.69, 9.17) is 10.2 Å². The van der Waals surface area contributed by atoms with Crippen molar-refractivity contribution in [3.63, 3.8) is 0 Å². The molecule has 0 saturated carbocycles. The highest BCUT2D eigenvalue weighted by molar-refractivity contribution is 4.89. The summed E-state index contributed by atoms with van der Waals surface area (Å²) in [4.78, 5) is 0. The maximum absolute atomic E-state index is 12.4. The van der Waals surface area contributed by atoms with Crippen LogP contribution in [0, 0.1) is 6.61 Å². The Labute approximate surface area is 58.4 Å². The minimum atomic E-state index is -1.58. The summed E-state index contributed by atoms with van der Waals surface area (Å²) in [6.07, 6.45) is -4.57. The van der Waals surface area contributed by atoms with E-state index >= 15 is 0 Å². The second kappa shape index (κ2) is 2.82. The fraction of sp³-hybridized carbons (Fsp3) is 0.833. The van der Waals surface area contributed by atoms with Gasteiger partial charge in [0.05, 0.1) is 6.10 Å². The van der Waals surface area contributed by atoms with Crippen LogP contribution in [0.15, 0.2) is 0 Å². The maximum Gasteiger partial charge on any atom is 0.157 e. The first kappa shape index (κ1) is 7.91. The molecule has 1 heterocycles. The number of aliphatic hydroxyl groups is 2. The molecule has 1 saturated heterocycles. The monoisotopic (exact) mass is 149 g/mol. The Morgan fingerprint density at radius 2 is 2.00 bits per heavy atom. The van der Waals surface area contributed by atoms with E-state index in [0.29, 0.717) is 0 Å². The summed E-state index contributed by atoms with van der Waals surface area (Å²) >= 11 is 0. The van der Waals surface area contributed by atoms with Gasteiger partial charge in [0.15, 0.2) is 6.17 Å². The molecule has 1 aliphatic rings. The van der Waals surface area contributed by atoms with E-state index in [2.05, 4.69) is 4.74 Å². The summed E-state index contributed by atoms with van der Waals surface area (Å²) < 4.78 is 17.1. The highest BCUT2D eigenvalue weighted by Crippen LogP contribution is 2.19. The van der Waals surface area contributed by atoms with Crippen LogP contribution < -0.4 is 0 Å². The first-order valence-corrected chi connectivity index (χ1v) is 3.12. The number of alkyl halides is 1. The summed E-state index contributed by atoms with van der Waals surface area (Å²) in [5.74, 6) is 0. The molecule has 10 heavy (non-hydrogen) atoms. The van der Waals surface area contributed by atoms with Crippen LogP contribution in [0.5, 0.6) is 0 Å². The molecule has 1 fully saturated rings. The summed E-state index contributed by atoms with van der Waals surface area (Å²) in [5, 5.41) is 17.9. The molecule has 0 spiro atoms. The van der Waals surface area contributed by atoms with Crippen LogP contribution in [0.1, 0.15) is 6.92 Å². The second-order valence-corrected chi connectivity index (χ2v) is 2.40. The predicted molar refractivity (Wildman–Crippen MR) is 31.8 cm³/mol. The zero-order valence-electron chi connectivity index (χ0n) is 5.57. The first-order valence-electron chi connectivity index (χ1n) is 3.12. The van der Waals surface area contributed by atoms with Crippen LogP contribution in [-0.2, 0) is 4.74 Å². The fourth-order valence-electron chi connectivity index (χ4n) is 0.826. The van der Waals surface area contributed by atoms with Crippen molar-refractivity contribution in [1.29, 1.82) is 0 Å². The third-order valence-electron chi connectivity index (χ3n) is 1.58. The summed E-state index contributed by atoms with van der Waals surface area (Å²) in [6.45, 7) is 2.47. The van der Waals surface area contributed by atoms with Crippen LogP contribution in [0.4, 0.5) is 4.39 Å². The number of rotatable bonds is 0. The Bertz CT molecular complexity index is 106. The summed E-state index contributed by atoms with van der Waals surface area (Å²) in [7, 11) is 0. The lowest BCUT2D eigenvalue weighted by Crippen LogP contribution is -2.47. The van der Waals surface area contributed by atoms with Crippen molar-refractivity contribution >= 4 is 0 Å². The summed E-state index contributed by atoms with van der Waals surface area (Å²) in [6, 6.07) is 0. The maximum atomic E-state index is 12.4. The van der Waals surface area contributed by atoms with E-state index in [0.717, 1.165) is 6.61 Å². The topological polar surface area (TPSA) is 49.7 Å². The third-order valence-corrected chi connectivity index (χ3v) is 1.58. The van der Waals surface area contributed by atoms with Gasteiger partial charge in [-0.2, -0.15) is 0 Å². The SMILES string of the molecule is C[C@H]1O[CH][C@H](F)[C@@H](O)[C@H]1O. The Morgan fingerprint density at radius 3 is 2.50 bits per heavy atom. The van der Waals surface area contributed by atoms with Crippen molar-refractivity contribution in [3.05, 3.63) is 6.61 Å². The van der Waals surface area contributed by atoms with Crippen molar-refractivity contribution in [2.75, 3.05) is 0 Å². The third kappa shape index (κ3) is 1.28. The van der Waals surface area contributed by atoms with Crippen LogP contribution in [0.25, 0.3) is 0 Å². The van der Waals surface area contributed by atoms with Gasteiger partial charge in [-0.3, -0.25) is 0 Å². The van der Waals surface area contributed by atoms with E-state index in [1.54, 1.807) is 6.92 Å². The predicted octanol–water partition coefficient (Wildman–Crippen LogP) is -0.373. The minimum absolute atomic E-state index is 0.526. The van der Waals surface area contributed by atoms with Gasteiger partial charge in [-0.15, -0.1) is 0 Å². The Kier molecular flexibility index (Phi) is 2.23. The molecule has 3 nitrogen and oxygen atoms in total. The number of aliphatic hydroxyl groups excluding tert-OH is 2. The van der Waals surface area contributed by atoms with Crippen molar-refractivity contribution in [1.82, 2.24) is 0 Å². The van der Waals surface area contributed by atoms with E-state index in [1.807, 2.05) is 0 Å². The largest absolute Gasteiger partial charge is 0.388 e.